The van der Waals surface area contributed by atoms with Gasteiger partial charge in [-0.25, -0.2) is 4.79 Å². The van der Waals surface area contributed by atoms with Crippen LogP contribution in [0.3, 0.4) is 0 Å². The lowest BCUT2D eigenvalue weighted by atomic mass is 10.1. The molecule has 0 unspecified atom stereocenters. The van der Waals surface area contributed by atoms with Crippen molar-refractivity contribution in [2.24, 2.45) is 0 Å². The molecule has 1 aromatic heterocycles. The van der Waals surface area contributed by atoms with Crippen LogP contribution in [0.15, 0.2) is 15.8 Å². The number of ether oxygens (including phenoxy) is 1. The number of hydrogen-bond donors (Lipinski definition) is 5. The number of aliphatic hydroxyl groups excluding tert-OH is 4. The molecule has 2 heterocycles. The summed E-state index contributed by atoms with van der Waals surface area (Å²) in [6, 6.07) is 0. The van der Waals surface area contributed by atoms with E-state index in [2.05, 4.69) is 0 Å². The van der Waals surface area contributed by atoms with Gasteiger partial charge in [-0.1, -0.05) is 0 Å². The number of H-pyrrole nitrogens is 1. The van der Waals surface area contributed by atoms with Crippen molar-refractivity contribution in [1.82, 2.24) is 9.55 Å². The molecule has 0 bridgehead atoms. The molecule has 1 aromatic rings. The molecule has 1 saturated heterocycles. The fraction of sp³-hybridized carbons (Fsp3) is 0.636. The quantitative estimate of drug-likeness (QED) is 0.390. The maximum absolute atomic E-state index is 11.7. The van der Waals surface area contributed by atoms with Gasteiger partial charge >= 0.3 is 5.69 Å². The zero-order valence-electron chi connectivity index (χ0n) is 10.5. The minimum Gasteiger partial charge on any atom is -0.396 e. The van der Waals surface area contributed by atoms with Gasteiger partial charge in [-0.15, -0.1) is 0 Å². The smallest absolute Gasteiger partial charge is 0.330 e. The Hall–Kier alpha value is -1.52. The Morgan fingerprint density at radius 2 is 1.95 bits per heavy atom. The van der Waals surface area contributed by atoms with Crippen LogP contribution in [0.1, 0.15) is 11.8 Å². The van der Waals surface area contributed by atoms with E-state index in [1.54, 1.807) is 0 Å². The van der Waals surface area contributed by atoms with Gasteiger partial charge in [0.15, 0.2) is 6.23 Å². The van der Waals surface area contributed by atoms with Crippen LogP contribution < -0.4 is 11.2 Å². The second-order valence-electron chi connectivity index (χ2n) is 4.52. The van der Waals surface area contributed by atoms with E-state index in [9.17, 15) is 19.8 Å². The number of aromatic nitrogens is 2. The molecule has 9 heteroatoms. The fourth-order valence-electron chi connectivity index (χ4n) is 2.12. The summed E-state index contributed by atoms with van der Waals surface area (Å²) in [5.74, 6) is 0. The van der Waals surface area contributed by atoms with Crippen molar-refractivity contribution in [2.75, 3.05) is 13.2 Å². The van der Waals surface area contributed by atoms with E-state index < -0.39 is 42.4 Å². The summed E-state index contributed by atoms with van der Waals surface area (Å²) in [5, 5.41) is 37.3. The average Bonchev–Trinajstić information content (AvgIpc) is 2.70. The van der Waals surface area contributed by atoms with Crippen LogP contribution in [0, 0.1) is 0 Å². The highest BCUT2D eigenvalue weighted by atomic mass is 16.6. The number of nitrogens with one attached hydrogen (secondary N) is 1. The topological polar surface area (TPSA) is 145 Å². The minimum absolute atomic E-state index is 0.0322. The number of hydrogen-bond acceptors (Lipinski definition) is 7. The van der Waals surface area contributed by atoms with Crippen molar-refractivity contribution >= 4 is 0 Å². The van der Waals surface area contributed by atoms with Gasteiger partial charge in [-0.05, 0) is 0 Å². The van der Waals surface area contributed by atoms with E-state index in [0.717, 1.165) is 10.8 Å². The maximum Gasteiger partial charge on any atom is 0.330 e. The first kappa shape index (κ1) is 14.9. The number of nitrogens with zero attached hydrogens (tertiary/aromatic N) is 1. The first-order chi connectivity index (χ1) is 9.49. The largest absolute Gasteiger partial charge is 0.396 e. The summed E-state index contributed by atoms with van der Waals surface area (Å²) in [5.41, 5.74) is -1.30. The van der Waals surface area contributed by atoms with Gasteiger partial charge in [0.05, 0.1) is 6.61 Å². The van der Waals surface area contributed by atoms with Crippen LogP contribution in [0.2, 0.25) is 0 Å². The monoisotopic (exact) mass is 288 g/mol. The highest BCUT2D eigenvalue weighted by Gasteiger charge is 2.43. The van der Waals surface area contributed by atoms with Crippen LogP contribution in [0.25, 0.3) is 0 Å². The molecule has 0 saturated carbocycles. The molecule has 0 aliphatic carbocycles. The van der Waals surface area contributed by atoms with Gasteiger partial charge in [0.2, 0.25) is 0 Å². The molecule has 0 spiro atoms. The van der Waals surface area contributed by atoms with Crippen LogP contribution >= 0.6 is 0 Å². The highest BCUT2D eigenvalue weighted by molar-refractivity contribution is 5.06. The highest BCUT2D eigenvalue weighted by Crippen LogP contribution is 2.27. The summed E-state index contributed by atoms with van der Waals surface area (Å²) in [6.07, 6.45) is -3.80. The lowest BCUT2D eigenvalue weighted by Crippen LogP contribution is -2.39. The molecule has 2 rings (SSSR count). The van der Waals surface area contributed by atoms with Crippen molar-refractivity contribution in [2.45, 2.75) is 31.0 Å². The lowest BCUT2D eigenvalue weighted by molar-refractivity contribution is -0.0551. The minimum atomic E-state index is -1.42. The third-order valence-electron chi connectivity index (χ3n) is 3.21. The lowest BCUT2D eigenvalue weighted by Gasteiger charge is -2.17. The third-order valence-corrected chi connectivity index (χ3v) is 3.21. The Morgan fingerprint density at radius 1 is 1.25 bits per heavy atom. The molecule has 9 nitrogen and oxygen atoms in total. The van der Waals surface area contributed by atoms with Crippen molar-refractivity contribution in [3.8, 4) is 0 Å². The second-order valence-corrected chi connectivity index (χ2v) is 4.52. The van der Waals surface area contributed by atoms with E-state index >= 15 is 0 Å². The van der Waals surface area contributed by atoms with Crippen molar-refractivity contribution in [1.29, 1.82) is 0 Å². The Balaban J connectivity index is 2.40. The van der Waals surface area contributed by atoms with Gasteiger partial charge in [0.1, 0.15) is 18.3 Å². The van der Waals surface area contributed by atoms with Gasteiger partial charge < -0.3 is 25.2 Å². The van der Waals surface area contributed by atoms with Gasteiger partial charge in [0.25, 0.3) is 5.56 Å². The van der Waals surface area contributed by atoms with Crippen molar-refractivity contribution in [3.63, 3.8) is 0 Å². The zero-order valence-corrected chi connectivity index (χ0v) is 10.5. The summed E-state index contributed by atoms with van der Waals surface area (Å²) < 4.78 is 6.13. The average molecular weight is 288 g/mol. The van der Waals surface area contributed by atoms with Crippen molar-refractivity contribution in [3.05, 3.63) is 32.6 Å². The predicted octanol–water partition coefficient (Wildman–Crippen LogP) is -3.32. The normalized spacial score (nSPS) is 29.8. The Morgan fingerprint density at radius 3 is 2.50 bits per heavy atom. The number of aliphatic hydroxyl groups is 4. The van der Waals surface area contributed by atoms with Gasteiger partial charge in [0, 0.05) is 24.8 Å². The Kier molecular flexibility index (Phi) is 4.35. The SMILES string of the molecule is O=c1[nH]c(=O)n([C@@H]2O[C@H](CO)[C@@H](O)[C@H]2O)cc1CCO. The first-order valence-corrected chi connectivity index (χ1v) is 6.07. The first-order valence-electron chi connectivity index (χ1n) is 6.07. The molecule has 0 amide bonds. The predicted molar refractivity (Wildman–Crippen MR) is 65.1 cm³/mol. The molecule has 20 heavy (non-hydrogen) atoms. The van der Waals surface area contributed by atoms with E-state index in [1.807, 2.05) is 4.98 Å². The fourth-order valence-corrected chi connectivity index (χ4v) is 2.12. The van der Waals surface area contributed by atoms with Crippen LogP contribution in [0.4, 0.5) is 0 Å². The van der Waals surface area contributed by atoms with Crippen molar-refractivity contribution < 1.29 is 25.2 Å². The molecular weight excluding hydrogens is 272 g/mol. The summed E-state index contributed by atoms with van der Waals surface area (Å²) in [7, 11) is 0. The summed E-state index contributed by atoms with van der Waals surface area (Å²) in [4.78, 5) is 25.3. The summed E-state index contributed by atoms with van der Waals surface area (Å²) in [6.45, 7) is -0.798. The molecular formula is C11H16N2O7. The van der Waals surface area contributed by atoms with Crippen LogP contribution in [-0.4, -0.2) is 61.5 Å². The molecule has 112 valence electrons. The molecule has 0 radical (unpaired) electrons. The van der Waals surface area contributed by atoms with Gasteiger partial charge in [-0.2, -0.15) is 0 Å². The maximum atomic E-state index is 11.7. The molecule has 5 N–H and O–H groups in total. The number of aromatic amines is 1. The third kappa shape index (κ3) is 2.53. The van der Waals surface area contributed by atoms with E-state index in [0.29, 0.717) is 0 Å². The molecule has 1 fully saturated rings. The van der Waals surface area contributed by atoms with Crippen LogP contribution in [0.5, 0.6) is 0 Å². The Bertz CT molecular complexity index is 581. The Labute approximate surface area is 112 Å². The summed E-state index contributed by atoms with van der Waals surface area (Å²) >= 11 is 0. The zero-order chi connectivity index (χ0) is 14.9. The van der Waals surface area contributed by atoms with Gasteiger partial charge in [-0.3, -0.25) is 14.3 Å². The second kappa shape index (κ2) is 5.85. The molecule has 1 aliphatic rings. The molecule has 1 aliphatic heterocycles. The molecule has 4 atom stereocenters. The van der Waals surface area contributed by atoms with E-state index in [1.165, 1.54) is 0 Å². The van der Waals surface area contributed by atoms with Crippen LogP contribution in [-0.2, 0) is 11.2 Å². The van der Waals surface area contributed by atoms with E-state index in [4.69, 9.17) is 14.9 Å². The standard InChI is InChI=1S/C11H16N2O7/c14-2-1-5-3-13(11(19)12-9(5)18)10-8(17)7(16)6(4-15)20-10/h3,6-8,10,14-17H,1-2,4H2,(H,12,18,19)/t6-,7-,8-,10-/m1/s1. The van der Waals surface area contributed by atoms with E-state index in [-0.39, 0.29) is 18.6 Å². The number of rotatable bonds is 4. The molecule has 0 aromatic carbocycles.